The van der Waals surface area contributed by atoms with Crippen LogP contribution >= 0.6 is 0 Å². The summed E-state index contributed by atoms with van der Waals surface area (Å²) in [5, 5.41) is 12.3. The van der Waals surface area contributed by atoms with E-state index in [0.29, 0.717) is 18.5 Å². The Morgan fingerprint density at radius 1 is 1.12 bits per heavy atom. The highest BCUT2D eigenvalue weighted by Gasteiger charge is 2.73. The van der Waals surface area contributed by atoms with Crippen molar-refractivity contribution < 1.29 is 24.3 Å². The molecule has 3 saturated carbocycles. The molecule has 1 unspecified atom stereocenters. The second-order valence-electron chi connectivity index (χ2n) is 10.8. The van der Waals surface area contributed by atoms with Crippen LogP contribution in [0.15, 0.2) is 18.2 Å². The molecule has 9 heteroatoms. The Morgan fingerprint density at radius 2 is 1.85 bits per heavy atom. The number of hydrogen-bond acceptors (Lipinski definition) is 5. The van der Waals surface area contributed by atoms with Crippen LogP contribution in [-0.2, 0) is 22.7 Å². The van der Waals surface area contributed by atoms with Gasteiger partial charge < -0.3 is 10.0 Å². The van der Waals surface area contributed by atoms with Gasteiger partial charge in [-0.2, -0.15) is 0 Å². The Kier molecular flexibility index (Phi) is 4.78. The monoisotopic (exact) mass is 466 g/mol. The number of piperidine rings is 2. The van der Waals surface area contributed by atoms with E-state index < -0.39 is 18.0 Å². The van der Waals surface area contributed by atoms with Crippen molar-refractivity contribution in [2.45, 2.75) is 81.6 Å². The van der Waals surface area contributed by atoms with Crippen molar-refractivity contribution in [2.75, 3.05) is 13.1 Å². The van der Waals surface area contributed by atoms with Crippen molar-refractivity contribution in [3.63, 3.8) is 0 Å². The highest BCUT2D eigenvalue weighted by Crippen LogP contribution is 2.67. The van der Waals surface area contributed by atoms with Crippen molar-refractivity contribution in [1.82, 2.24) is 20.0 Å². The van der Waals surface area contributed by atoms with E-state index in [4.69, 9.17) is 0 Å². The van der Waals surface area contributed by atoms with Crippen LogP contribution in [0.5, 0.6) is 0 Å². The molecule has 34 heavy (non-hydrogen) atoms. The van der Waals surface area contributed by atoms with Gasteiger partial charge in [0.2, 0.25) is 11.8 Å². The van der Waals surface area contributed by atoms with Gasteiger partial charge in [-0.1, -0.05) is 18.6 Å². The zero-order valence-corrected chi connectivity index (χ0v) is 19.2. The van der Waals surface area contributed by atoms with Crippen LogP contribution in [0.1, 0.15) is 72.9 Å². The van der Waals surface area contributed by atoms with Crippen molar-refractivity contribution in [1.29, 1.82) is 0 Å². The highest BCUT2D eigenvalue weighted by atomic mass is 16.4. The number of rotatable bonds is 5. The normalized spacial score (nSPS) is 32.5. The molecule has 5 fully saturated rings. The number of likely N-dealkylation sites (tertiary alicyclic amines) is 1. The van der Waals surface area contributed by atoms with Gasteiger partial charge in [0.1, 0.15) is 6.04 Å². The number of carbonyl (C=O) groups is 4. The summed E-state index contributed by atoms with van der Waals surface area (Å²) < 4.78 is 0. The maximum Gasteiger partial charge on any atom is 0.408 e. The third-order valence-electron chi connectivity index (χ3n) is 8.74. The molecule has 0 spiro atoms. The Morgan fingerprint density at radius 3 is 2.53 bits per heavy atom. The third kappa shape index (κ3) is 3.16. The molecule has 1 aromatic carbocycles. The molecule has 3 heterocycles. The third-order valence-corrected chi connectivity index (χ3v) is 8.74. The molecule has 4 amide bonds. The number of nitrogens with zero attached hydrogens (tertiary/aromatic N) is 3. The number of carboxylic acid groups (broad SMARTS) is 1. The lowest BCUT2D eigenvalue weighted by Crippen LogP contribution is -2.84. The van der Waals surface area contributed by atoms with E-state index in [1.54, 1.807) is 11.0 Å². The van der Waals surface area contributed by atoms with Crippen LogP contribution < -0.4 is 5.32 Å². The van der Waals surface area contributed by atoms with Gasteiger partial charge in [0.15, 0.2) is 0 Å². The Bertz CT molecular complexity index is 1080. The molecule has 1 aromatic rings. The number of benzene rings is 1. The average Bonchev–Trinajstić information content (AvgIpc) is 3.08. The number of hydrogen-bond donors (Lipinski definition) is 2. The summed E-state index contributed by atoms with van der Waals surface area (Å²) in [4.78, 5) is 54.8. The molecule has 0 aromatic heterocycles. The zero-order valence-electron chi connectivity index (χ0n) is 19.2. The molecule has 180 valence electrons. The van der Waals surface area contributed by atoms with Crippen LogP contribution in [0.25, 0.3) is 0 Å². The van der Waals surface area contributed by atoms with Crippen molar-refractivity contribution >= 4 is 23.8 Å². The summed E-state index contributed by atoms with van der Waals surface area (Å²) in [7, 11) is 0. The van der Waals surface area contributed by atoms with Crippen molar-refractivity contribution in [2.24, 2.45) is 0 Å². The average molecular weight is 467 g/mol. The van der Waals surface area contributed by atoms with Crippen LogP contribution in [0.3, 0.4) is 0 Å². The smallest absolute Gasteiger partial charge is 0.408 e. The first-order chi connectivity index (χ1) is 16.3. The Labute approximate surface area is 198 Å². The van der Waals surface area contributed by atoms with Crippen molar-refractivity contribution in [3.8, 4) is 0 Å². The summed E-state index contributed by atoms with van der Waals surface area (Å²) in [5.74, 6) is -0.971. The first-order valence-electron chi connectivity index (χ1n) is 12.3. The predicted molar refractivity (Wildman–Crippen MR) is 121 cm³/mol. The molecule has 1 atom stereocenters. The lowest BCUT2D eigenvalue weighted by atomic mass is 9.42. The highest BCUT2D eigenvalue weighted by molar-refractivity contribution is 6.05. The first-order valence-corrected chi connectivity index (χ1v) is 12.3. The van der Waals surface area contributed by atoms with Crippen LogP contribution in [0.4, 0.5) is 4.79 Å². The molecule has 3 aliphatic carbocycles. The molecular formula is C25H30N4O5. The van der Waals surface area contributed by atoms with Crippen LogP contribution in [-0.4, -0.2) is 73.8 Å². The van der Waals surface area contributed by atoms with E-state index in [-0.39, 0.29) is 35.9 Å². The largest absolute Gasteiger partial charge is 0.465 e. The van der Waals surface area contributed by atoms with E-state index in [1.165, 1.54) is 24.2 Å². The van der Waals surface area contributed by atoms with E-state index >= 15 is 0 Å². The molecule has 7 rings (SSSR count). The van der Waals surface area contributed by atoms with E-state index in [0.717, 1.165) is 43.5 Å². The topological polar surface area (TPSA) is 110 Å². The molecule has 9 nitrogen and oxygen atoms in total. The lowest BCUT2D eigenvalue weighted by molar-refractivity contribution is -0.226. The van der Waals surface area contributed by atoms with Crippen LogP contribution in [0, 0.1) is 0 Å². The summed E-state index contributed by atoms with van der Waals surface area (Å²) in [6.07, 6.45) is 6.09. The van der Waals surface area contributed by atoms with Gasteiger partial charge in [-0.15, -0.1) is 0 Å². The molecule has 2 saturated heterocycles. The molecule has 2 N–H and O–H groups in total. The number of nitrogens with one attached hydrogen (secondary N) is 1. The van der Waals surface area contributed by atoms with Gasteiger partial charge in [-0.3, -0.25) is 29.5 Å². The molecule has 2 bridgehead atoms. The van der Waals surface area contributed by atoms with E-state index in [9.17, 15) is 24.3 Å². The second kappa shape index (κ2) is 7.53. The molecule has 3 aliphatic heterocycles. The van der Waals surface area contributed by atoms with Gasteiger partial charge in [0.25, 0.3) is 5.91 Å². The Balaban J connectivity index is 1.16. The molecule has 6 aliphatic rings. The first kappa shape index (κ1) is 21.6. The fraction of sp³-hybridized carbons (Fsp3) is 0.600. The van der Waals surface area contributed by atoms with Gasteiger partial charge in [0, 0.05) is 30.6 Å². The standard InChI is InChI=1S/C25H30N4O5/c30-20-7-6-19(21(31)26-20)28-12-17-5-4-16(10-18(17)22(28)32)11-29(23(33)34)25-13-24(14-25,15-25)27-8-2-1-3-9-27/h4-5,10,19H,1-3,6-9,11-15H2,(H,33,34)(H,26,30,31). The number of carbonyl (C=O) groups excluding carboxylic acids is 3. The fourth-order valence-electron chi connectivity index (χ4n) is 6.99. The predicted octanol–water partition coefficient (Wildman–Crippen LogP) is 2.09. The summed E-state index contributed by atoms with van der Waals surface area (Å²) in [5.41, 5.74) is 2.05. The zero-order chi connectivity index (χ0) is 23.7. The minimum Gasteiger partial charge on any atom is -0.465 e. The number of amides is 4. The van der Waals surface area contributed by atoms with E-state index in [1.807, 2.05) is 12.1 Å². The minimum absolute atomic E-state index is 0.199. The van der Waals surface area contributed by atoms with Crippen LogP contribution in [0.2, 0.25) is 0 Å². The van der Waals surface area contributed by atoms with E-state index in [2.05, 4.69) is 10.2 Å². The quantitative estimate of drug-likeness (QED) is 0.643. The second-order valence-corrected chi connectivity index (χ2v) is 10.8. The Hall–Kier alpha value is -2.94. The van der Waals surface area contributed by atoms with Gasteiger partial charge in [0.05, 0.1) is 5.54 Å². The maximum absolute atomic E-state index is 13.1. The molecular weight excluding hydrogens is 436 g/mol. The summed E-state index contributed by atoms with van der Waals surface area (Å²) in [6, 6.07) is 4.89. The maximum atomic E-state index is 13.1. The summed E-state index contributed by atoms with van der Waals surface area (Å²) in [6.45, 7) is 2.83. The molecule has 0 radical (unpaired) electrons. The number of fused-ring (bicyclic) bond motifs is 1. The lowest BCUT2D eigenvalue weighted by Gasteiger charge is -2.76. The number of imide groups is 1. The van der Waals surface area contributed by atoms with Crippen molar-refractivity contribution in [3.05, 3.63) is 34.9 Å². The van der Waals surface area contributed by atoms with Gasteiger partial charge in [-0.25, -0.2) is 4.79 Å². The van der Waals surface area contributed by atoms with Gasteiger partial charge in [-0.05, 0) is 68.8 Å². The fourth-order valence-corrected chi connectivity index (χ4v) is 6.99. The SMILES string of the molecule is O=C1CCC(N2Cc3ccc(CN(C(=O)O)C45CC(N6CCCCC6)(C4)C5)cc3C2=O)C(=O)N1. The minimum atomic E-state index is -0.913. The summed E-state index contributed by atoms with van der Waals surface area (Å²) >= 11 is 0. The van der Waals surface area contributed by atoms with Gasteiger partial charge >= 0.3 is 6.09 Å².